The number of carbonyl (C=O) groups is 2. The van der Waals surface area contributed by atoms with Gasteiger partial charge < -0.3 is 15.1 Å². The van der Waals surface area contributed by atoms with Gasteiger partial charge in [0, 0.05) is 43.8 Å². The molecule has 0 aromatic heterocycles. The number of likely N-dealkylation sites (tertiary alicyclic amines) is 1. The monoisotopic (exact) mass is 365 g/mol. The standard InChI is InChI=1S/C19H28ClN3O2/c1-5-13-7-8-16(20)15(6-2)17(13)21-18(24)14-9-11-23(12-10-14)19(25)22(3)4/h7-8,14H,5-6,9-12H2,1-4H3,(H,21,24). The lowest BCUT2D eigenvalue weighted by Crippen LogP contribution is -2.45. The van der Waals surface area contributed by atoms with Crippen LogP contribution in [0.4, 0.5) is 10.5 Å². The second-order valence-corrected chi connectivity index (χ2v) is 7.10. The van der Waals surface area contributed by atoms with Gasteiger partial charge in [-0.1, -0.05) is 31.5 Å². The van der Waals surface area contributed by atoms with E-state index in [-0.39, 0.29) is 17.9 Å². The number of carbonyl (C=O) groups excluding carboxylic acids is 2. The van der Waals surface area contributed by atoms with E-state index in [2.05, 4.69) is 12.2 Å². The third kappa shape index (κ3) is 4.46. The fourth-order valence-electron chi connectivity index (χ4n) is 3.31. The van der Waals surface area contributed by atoms with E-state index in [0.717, 1.165) is 29.7 Å². The minimum absolute atomic E-state index is 0.00948. The fraction of sp³-hybridized carbons (Fsp3) is 0.579. The topological polar surface area (TPSA) is 52.7 Å². The average Bonchev–Trinajstić information content (AvgIpc) is 2.61. The molecule has 1 aromatic rings. The van der Waals surface area contributed by atoms with Crippen molar-refractivity contribution in [1.29, 1.82) is 0 Å². The van der Waals surface area contributed by atoms with E-state index in [9.17, 15) is 9.59 Å². The third-order valence-electron chi connectivity index (χ3n) is 4.84. The maximum Gasteiger partial charge on any atom is 0.319 e. The molecule has 1 heterocycles. The molecule has 5 nitrogen and oxygen atoms in total. The van der Waals surface area contributed by atoms with Gasteiger partial charge in [0.05, 0.1) is 0 Å². The average molecular weight is 366 g/mol. The summed E-state index contributed by atoms with van der Waals surface area (Å²) in [5, 5.41) is 3.82. The van der Waals surface area contributed by atoms with Crippen LogP contribution in [0, 0.1) is 5.92 Å². The van der Waals surface area contributed by atoms with Gasteiger partial charge in [0.1, 0.15) is 0 Å². The van der Waals surface area contributed by atoms with Crippen molar-refractivity contribution in [2.24, 2.45) is 5.92 Å². The van der Waals surface area contributed by atoms with E-state index in [1.807, 2.05) is 19.1 Å². The van der Waals surface area contributed by atoms with Crippen molar-refractivity contribution < 1.29 is 9.59 Å². The third-order valence-corrected chi connectivity index (χ3v) is 5.20. The Morgan fingerprint density at radius 3 is 2.36 bits per heavy atom. The van der Waals surface area contributed by atoms with Crippen LogP contribution in [0.1, 0.15) is 37.8 Å². The Hall–Kier alpha value is -1.75. The van der Waals surface area contributed by atoms with Gasteiger partial charge in [0.15, 0.2) is 0 Å². The molecule has 1 saturated heterocycles. The zero-order valence-corrected chi connectivity index (χ0v) is 16.3. The van der Waals surface area contributed by atoms with Crippen molar-refractivity contribution >= 4 is 29.2 Å². The molecule has 6 heteroatoms. The van der Waals surface area contributed by atoms with Crippen molar-refractivity contribution in [3.63, 3.8) is 0 Å². The molecular weight excluding hydrogens is 338 g/mol. The molecule has 1 aliphatic rings. The normalized spacial score (nSPS) is 15.2. The van der Waals surface area contributed by atoms with Crippen molar-refractivity contribution in [3.05, 3.63) is 28.3 Å². The summed E-state index contributed by atoms with van der Waals surface area (Å²) < 4.78 is 0. The summed E-state index contributed by atoms with van der Waals surface area (Å²) in [4.78, 5) is 28.1. The maximum atomic E-state index is 12.8. The van der Waals surface area contributed by atoms with E-state index in [1.54, 1.807) is 23.9 Å². The van der Waals surface area contributed by atoms with Crippen LogP contribution in [0.3, 0.4) is 0 Å². The maximum absolute atomic E-state index is 12.8. The molecule has 0 aliphatic carbocycles. The Labute approximate surface area is 155 Å². The molecule has 25 heavy (non-hydrogen) atoms. The molecule has 1 N–H and O–H groups in total. The molecule has 0 atom stereocenters. The summed E-state index contributed by atoms with van der Waals surface area (Å²) in [6.07, 6.45) is 3.00. The Morgan fingerprint density at radius 2 is 1.84 bits per heavy atom. The number of nitrogens with one attached hydrogen (secondary N) is 1. The minimum atomic E-state index is -0.0698. The number of piperidine rings is 1. The minimum Gasteiger partial charge on any atom is -0.331 e. The summed E-state index contributed by atoms with van der Waals surface area (Å²) in [6, 6.07) is 3.89. The molecule has 1 fully saturated rings. The van der Waals surface area contributed by atoms with Crippen LogP contribution in [0.5, 0.6) is 0 Å². The summed E-state index contributed by atoms with van der Waals surface area (Å²) in [7, 11) is 3.50. The molecule has 1 aromatic carbocycles. The first kappa shape index (κ1) is 19.6. The van der Waals surface area contributed by atoms with Gasteiger partial charge in [-0.05, 0) is 42.9 Å². The van der Waals surface area contributed by atoms with Gasteiger partial charge in [-0.3, -0.25) is 4.79 Å². The van der Waals surface area contributed by atoms with Gasteiger partial charge in [-0.25, -0.2) is 4.79 Å². The zero-order chi connectivity index (χ0) is 18.6. The summed E-state index contributed by atoms with van der Waals surface area (Å²) in [6.45, 7) is 5.35. The lowest BCUT2D eigenvalue weighted by Gasteiger charge is -2.33. The summed E-state index contributed by atoms with van der Waals surface area (Å²) in [5.41, 5.74) is 2.97. The van der Waals surface area contributed by atoms with Crippen molar-refractivity contribution in [2.45, 2.75) is 39.5 Å². The first-order valence-electron chi connectivity index (χ1n) is 8.96. The highest BCUT2D eigenvalue weighted by Gasteiger charge is 2.28. The Balaban J connectivity index is 2.07. The first-order valence-corrected chi connectivity index (χ1v) is 9.34. The van der Waals surface area contributed by atoms with E-state index < -0.39 is 0 Å². The quantitative estimate of drug-likeness (QED) is 0.882. The van der Waals surface area contributed by atoms with Gasteiger partial charge in [-0.2, -0.15) is 0 Å². The largest absolute Gasteiger partial charge is 0.331 e. The number of anilines is 1. The fourth-order valence-corrected chi connectivity index (χ4v) is 3.60. The first-order chi connectivity index (χ1) is 11.9. The number of aryl methyl sites for hydroxylation is 1. The van der Waals surface area contributed by atoms with E-state index in [1.165, 1.54) is 0 Å². The van der Waals surface area contributed by atoms with Gasteiger partial charge in [0.25, 0.3) is 0 Å². The molecule has 0 radical (unpaired) electrons. The number of amides is 3. The SMILES string of the molecule is CCc1ccc(Cl)c(CC)c1NC(=O)C1CCN(C(=O)N(C)C)CC1. The van der Waals surface area contributed by atoms with E-state index in [0.29, 0.717) is 31.0 Å². The Kier molecular flexibility index (Phi) is 6.71. The highest BCUT2D eigenvalue weighted by molar-refractivity contribution is 6.32. The Bertz CT molecular complexity index is 638. The number of hydrogen-bond acceptors (Lipinski definition) is 2. The molecule has 0 spiro atoms. The lowest BCUT2D eigenvalue weighted by molar-refractivity contribution is -0.121. The molecule has 138 valence electrons. The lowest BCUT2D eigenvalue weighted by atomic mass is 9.95. The van der Waals surface area contributed by atoms with Crippen LogP contribution in [-0.2, 0) is 17.6 Å². The molecular formula is C19H28ClN3O2. The number of hydrogen-bond donors (Lipinski definition) is 1. The van der Waals surface area contributed by atoms with Gasteiger partial charge in [0.2, 0.25) is 5.91 Å². The highest BCUT2D eigenvalue weighted by atomic mass is 35.5. The number of urea groups is 1. The van der Waals surface area contributed by atoms with Crippen LogP contribution in [-0.4, -0.2) is 48.9 Å². The van der Waals surface area contributed by atoms with Crippen LogP contribution >= 0.6 is 11.6 Å². The highest BCUT2D eigenvalue weighted by Crippen LogP contribution is 2.30. The van der Waals surface area contributed by atoms with Crippen LogP contribution in [0.2, 0.25) is 5.02 Å². The number of halogens is 1. The predicted octanol–water partition coefficient (Wildman–Crippen LogP) is 3.80. The van der Waals surface area contributed by atoms with E-state index >= 15 is 0 Å². The van der Waals surface area contributed by atoms with Gasteiger partial charge in [-0.15, -0.1) is 0 Å². The zero-order valence-electron chi connectivity index (χ0n) is 15.6. The van der Waals surface area contributed by atoms with Crippen molar-refractivity contribution in [2.75, 3.05) is 32.5 Å². The van der Waals surface area contributed by atoms with E-state index in [4.69, 9.17) is 11.6 Å². The summed E-state index contributed by atoms with van der Waals surface area (Å²) >= 11 is 6.31. The van der Waals surface area contributed by atoms with Crippen LogP contribution < -0.4 is 5.32 Å². The Morgan fingerprint density at radius 1 is 1.20 bits per heavy atom. The summed E-state index contributed by atoms with van der Waals surface area (Å²) in [5.74, 6) is -0.0387. The number of benzene rings is 1. The van der Waals surface area contributed by atoms with Crippen molar-refractivity contribution in [3.8, 4) is 0 Å². The predicted molar refractivity (Wildman–Crippen MR) is 102 cm³/mol. The second kappa shape index (κ2) is 8.56. The molecule has 2 rings (SSSR count). The molecule has 1 aliphatic heterocycles. The number of nitrogens with zero attached hydrogens (tertiary/aromatic N) is 2. The molecule has 3 amide bonds. The van der Waals surface area contributed by atoms with Crippen LogP contribution in [0.25, 0.3) is 0 Å². The number of rotatable bonds is 4. The van der Waals surface area contributed by atoms with Crippen LogP contribution in [0.15, 0.2) is 12.1 Å². The van der Waals surface area contributed by atoms with Gasteiger partial charge >= 0.3 is 6.03 Å². The molecule has 0 saturated carbocycles. The molecule has 0 unspecified atom stereocenters. The molecule has 0 bridgehead atoms. The van der Waals surface area contributed by atoms with Crippen molar-refractivity contribution in [1.82, 2.24) is 9.80 Å². The smallest absolute Gasteiger partial charge is 0.319 e. The second-order valence-electron chi connectivity index (χ2n) is 6.69.